The van der Waals surface area contributed by atoms with Crippen LogP contribution in [-0.4, -0.2) is 25.3 Å². The van der Waals surface area contributed by atoms with Crippen molar-refractivity contribution in [2.75, 3.05) is 7.11 Å². The molecule has 1 aliphatic heterocycles. The molecule has 0 aromatic carbocycles. The van der Waals surface area contributed by atoms with Crippen molar-refractivity contribution in [3.8, 4) is 0 Å². The predicted molar refractivity (Wildman–Crippen MR) is 33.4 cm³/mol. The summed E-state index contributed by atoms with van der Waals surface area (Å²) < 4.78 is 4.85. The highest BCUT2D eigenvalue weighted by atomic mass is 16.5. The molecule has 1 amide bonds. The lowest BCUT2D eigenvalue weighted by atomic mass is 10.3. The van der Waals surface area contributed by atoms with Crippen LogP contribution in [0.3, 0.4) is 0 Å². The monoisotopic (exact) mass is 125 g/mol. The molecule has 0 aliphatic carbocycles. The molecule has 0 spiro atoms. The van der Waals surface area contributed by atoms with Gasteiger partial charge in [-0.3, -0.25) is 4.79 Å². The van der Waals surface area contributed by atoms with E-state index in [2.05, 4.69) is 4.99 Å². The number of hydrogen-bond acceptors (Lipinski definition) is 2. The standard InChI is InChI=1S/C6H7NO2/c1-9-5-2-3-6(8)7-4-5/h2-5H,1H3. The number of ether oxygens (including phenoxy) is 1. The number of dihydropyridines is 1. The van der Waals surface area contributed by atoms with Crippen LogP contribution in [0.15, 0.2) is 17.1 Å². The lowest BCUT2D eigenvalue weighted by Gasteiger charge is -2.04. The highest BCUT2D eigenvalue weighted by Crippen LogP contribution is 1.95. The molecule has 0 bridgehead atoms. The zero-order chi connectivity index (χ0) is 6.69. The van der Waals surface area contributed by atoms with Crippen LogP contribution in [0.1, 0.15) is 0 Å². The van der Waals surface area contributed by atoms with Crippen LogP contribution in [0.4, 0.5) is 0 Å². The summed E-state index contributed by atoms with van der Waals surface area (Å²) in [4.78, 5) is 13.9. The van der Waals surface area contributed by atoms with Gasteiger partial charge < -0.3 is 4.74 Å². The number of carbonyl (C=O) groups is 1. The van der Waals surface area contributed by atoms with Gasteiger partial charge in [0.05, 0.1) is 0 Å². The minimum absolute atomic E-state index is 0.123. The molecular formula is C6H7NO2. The van der Waals surface area contributed by atoms with Crippen molar-refractivity contribution in [1.29, 1.82) is 0 Å². The molecule has 1 unspecified atom stereocenters. The Morgan fingerprint density at radius 1 is 1.78 bits per heavy atom. The molecule has 9 heavy (non-hydrogen) atoms. The van der Waals surface area contributed by atoms with Gasteiger partial charge in [0, 0.05) is 19.4 Å². The fourth-order valence-electron chi connectivity index (χ4n) is 0.556. The lowest BCUT2D eigenvalue weighted by molar-refractivity contribution is -0.113. The summed E-state index contributed by atoms with van der Waals surface area (Å²) in [6, 6.07) is 0. The van der Waals surface area contributed by atoms with Gasteiger partial charge in [-0.05, 0) is 6.08 Å². The number of rotatable bonds is 1. The Bertz CT molecular complexity index is 156. The van der Waals surface area contributed by atoms with Gasteiger partial charge in [0.25, 0.3) is 5.91 Å². The van der Waals surface area contributed by atoms with E-state index >= 15 is 0 Å². The third-order valence-electron chi connectivity index (χ3n) is 1.05. The number of hydrogen-bond donors (Lipinski definition) is 0. The van der Waals surface area contributed by atoms with E-state index in [1.54, 1.807) is 13.2 Å². The largest absolute Gasteiger partial charge is 0.372 e. The third kappa shape index (κ3) is 1.47. The van der Waals surface area contributed by atoms with E-state index in [4.69, 9.17) is 4.74 Å². The zero-order valence-corrected chi connectivity index (χ0v) is 5.07. The van der Waals surface area contributed by atoms with Gasteiger partial charge in [-0.1, -0.05) is 0 Å². The first-order valence-corrected chi connectivity index (χ1v) is 2.62. The minimum atomic E-state index is -0.219. The molecular weight excluding hydrogens is 118 g/mol. The number of nitrogens with zero attached hydrogens (tertiary/aromatic N) is 1. The number of aliphatic imine (C=N–C) groups is 1. The van der Waals surface area contributed by atoms with Crippen LogP contribution >= 0.6 is 0 Å². The topological polar surface area (TPSA) is 38.7 Å². The Kier molecular flexibility index (Phi) is 1.75. The number of amides is 1. The maximum atomic E-state index is 10.4. The predicted octanol–water partition coefficient (Wildman–Crippen LogP) is 0.169. The van der Waals surface area contributed by atoms with Crippen LogP contribution in [-0.2, 0) is 9.53 Å². The molecule has 0 saturated heterocycles. The van der Waals surface area contributed by atoms with Gasteiger partial charge in [-0.25, -0.2) is 4.99 Å². The molecule has 0 aromatic heterocycles. The molecule has 1 heterocycles. The molecule has 48 valence electrons. The van der Waals surface area contributed by atoms with E-state index in [0.717, 1.165) is 0 Å². The van der Waals surface area contributed by atoms with E-state index < -0.39 is 0 Å². The molecule has 0 saturated carbocycles. The molecule has 1 atom stereocenters. The first kappa shape index (κ1) is 6.16. The van der Waals surface area contributed by atoms with Crippen molar-refractivity contribution >= 4 is 12.1 Å². The molecule has 1 aliphatic rings. The summed E-state index contributed by atoms with van der Waals surface area (Å²) in [6.45, 7) is 0. The zero-order valence-electron chi connectivity index (χ0n) is 5.07. The van der Waals surface area contributed by atoms with E-state index in [0.29, 0.717) is 0 Å². The summed E-state index contributed by atoms with van der Waals surface area (Å²) in [6.07, 6.45) is 4.41. The second-order valence-electron chi connectivity index (χ2n) is 1.68. The van der Waals surface area contributed by atoms with Gasteiger partial charge in [0.15, 0.2) is 0 Å². The molecule has 3 nitrogen and oxygen atoms in total. The average molecular weight is 125 g/mol. The summed E-state index contributed by atoms with van der Waals surface area (Å²) in [5.41, 5.74) is 0. The summed E-state index contributed by atoms with van der Waals surface area (Å²) in [5.74, 6) is -0.219. The summed E-state index contributed by atoms with van der Waals surface area (Å²) in [7, 11) is 1.57. The number of carbonyl (C=O) groups excluding carboxylic acids is 1. The summed E-state index contributed by atoms with van der Waals surface area (Å²) in [5, 5.41) is 0. The number of methoxy groups -OCH3 is 1. The highest BCUT2D eigenvalue weighted by Gasteiger charge is 2.04. The average Bonchev–Trinajstić information content (AvgIpc) is 1.90. The molecule has 0 fully saturated rings. The van der Waals surface area contributed by atoms with E-state index in [9.17, 15) is 4.79 Å². The quantitative estimate of drug-likeness (QED) is 0.501. The van der Waals surface area contributed by atoms with E-state index in [1.807, 2.05) is 0 Å². The summed E-state index contributed by atoms with van der Waals surface area (Å²) >= 11 is 0. The molecule has 3 heteroatoms. The maximum absolute atomic E-state index is 10.4. The second kappa shape index (κ2) is 2.55. The Labute approximate surface area is 53.0 Å². The van der Waals surface area contributed by atoms with Gasteiger partial charge in [0.1, 0.15) is 6.10 Å². The van der Waals surface area contributed by atoms with Crippen LogP contribution in [0.5, 0.6) is 0 Å². The Hall–Kier alpha value is -0.960. The fourth-order valence-corrected chi connectivity index (χ4v) is 0.556. The van der Waals surface area contributed by atoms with Crippen LogP contribution < -0.4 is 0 Å². The van der Waals surface area contributed by atoms with Crippen LogP contribution in [0, 0.1) is 0 Å². The Morgan fingerprint density at radius 2 is 2.56 bits per heavy atom. The molecule has 0 aromatic rings. The molecule has 0 N–H and O–H groups in total. The van der Waals surface area contributed by atoms with Crippen molar-refractivity contribution in [2.24, 2.45) is 4.99 Å². The highest BCUT2D eigenvalue weighted by molar-refractivity contribution is 5.97. The fraction of sp³-hybridized carbons (Fsp3) is 0.333. The van der Waals surface area contributed by atoms with Crippen molar-refractivity contribution < 1.29 is 9.53 Å². The van der Waals surface area contributed by atoms with E-state index in [-0.39, 0.29) is 12.0 Å². The normalized spacial score (nSPS) is 25.0. The first-order chi connectivity index (χ1) is 4.33. The van der Waals surface area contributed by atoms with Crippen LogP contribution in [0.25, 0.3) is 0 Å². The lowest BCUT2D eigenvalue weighted by Crippen LogP contribution is -2.13. The van der Waals surface area contributed by atoms with Crippen molar-refractivity contribution in [3.63, 3.8) is 0 Å². The minimum Gasteiger partial charge on any atom is -0.372 e. The second-order valence-corrected chi connectivity index (χ2v) is 1.68. The van der Waals surface area contributed by atoms with Crippen molar-refractivity contribution in [2.45, 2.75) is 6.10 Å². The van der Waals surface area contributed by atoms with Gasteiger partial charge in [0.2, 0.25) is 0 Å². The molecule has 0 radical (unpaired) electrons. The van der Waals surface area contributed by atoms with E-state index in [1.165, 1.54) is 12.3 Å². The van der Waals surface area contributed by atoms with Gasteiger partial charge >= 0.3 is 0 Å². The van der Waals surface area contributed by atoms with Gasteiger partial charge in [-0.2, -0.15) is 0 Å². The van der Waals surface area contributed by atoms with Crippen molar-refractivity contribution in [3.05, 3.63) is 12.2 Å². The van der Waals surface area contributed by atoms with Crippen LogP contribution in [0.2, 0.25) is 0 Å². The third-order valence-corrected chi connectivity index (χ3v) is 1.05. The van der Waals surface area contributed by atoms with Crippen molar-refractivity contribution in [1.82, 2.24) is 0 Å². The molecule has 1 rings (SSSR count). The first-order valence-electron chi connectivity index (χ1n) is 2.62. The van der Waals surface area contributed by atoms with Gasteiger partial charge in [-0.15, -0.1) is 0 Å². The Balaban J connectivity index is 2.58. The smallest absolute Gasteiger partial charge is 0.269 e. The maximum Gasteiger partial charge on any atom is 0.269 e. The Morgan fingerprint density at radius 3 is 3.00 bits per heavy atom. The SMILES string of the molecule is COC1C=CC(=O)N=C1.